The average Bonchev–Trinajstić information content (AvgIpc) is 2.70. The molecule has 102 valence electrons. The van der Waals surface area contributed by atoms with Crippen LogP contribution in [0.4, 0.5) is 12.7 Å². The van der Waals surface area contributed by atoms with E-state index in [9.17, 15) is 25.9 Å². The van der Waals surface area contributed by atoms with E-state index in [0.29, 0.717) is 0 Å². The van der Waals surface area contributed by atoms with Crippen molar-refractivity contribution in [1.82, 2.24) is 9.97 Å². The number of carbonyl (C=O) groups excluding carboxylic acids is 1. The molecule has 5 nitrogen and oxygen atoms in total. The molecule has 2 aromatic rings. The van der Waals surface area contributed by atoms with Gasteiger partial charge < -0.3 is 4.98 Å². The minimum atomic E-state index is -6.12. The summed E-state index contributed by atoms with van der Waals surface area (Å²) in [5.41, 5.74) is 0.253. The van der Waals surface area contributed by atoms with E-state index >= 15 is 0 Å². The number of nitrogens with zero attached hydrogens (tertiary/aromatic N) is 1. The van der Waals surface area contributed by atoms with Crippen LogP contribution in [-0.2, 0) is 15.5 Å². The van der Waals surface area contributed by atoms with E-state index in [2.05, 4.69) is 4.98 Å². The predicted octanol–water partition coefficient (Wildman–Crippen LogP) is 2.11. The molecule has 19 heavy (non-hydrogen) atoms. The number of H-pyrrole nitrogens is 1. The summed E-state index contributed by atoms with van der Waals surface area (Å²) in [6.07, 6.45) is 0. The van der Waals surface area contributed by atoms with Crippen molar-refractivity contribution in [2.24, 2.45) is 0 Å². The number of Topliss-reactive ketones (excluding diaryl/α,β-unsaturated/α-hetero) is 1. The number of benzene rings is 1. The van der Waals surface area contributed by atoms with E-state index in [-0.39, 0.29) is 22.4 Å². The minimum Gasteiger partial charge on any atom is -0.336 e. The fourth-order valence-electron chi connectivity index (χ4n) is 1.48. The number of nitrogens with one attached hydrogen (secondary N) is 1. The maximum absolute atomic E-state index is 13.2. The van der Waals surface area contributed by atoms with Crippen LogP contribution in [-0.4, -0.2) is 24.2 Å². The number of carbonyl (C=O) groups is 1. The summed E-state index contributed by atoms with van der Waals surface area (Å²) in [5.74, 6) is -1.63. The van der Waals surface area contributed by atoms with E-state index in [1.807, 2.05) is 4.98 Å². The van der Waals surface area contributed by atoms with Crippen molar-refractivity contribution in [2.45, 2.75) is 12.2 Å². The van der Waals surface area contributed by atoms with Gasteiger partial charge in [-0.05, 0) is 25.1 Å². The third kappa shape index (κ3) is 2.21. The molecule has 0 spiro atoms. The standard InChI is InChI=1S/C10H7F3N2O3S/c1-5(16)6-2-3-7-8(4-6)15-9(14-7)10(11,12)19(13,17)18/h2-4H,1H3,(H,14,15). The summed E-state index contributed by atoms with van der Waals surface area (Å²) < 4.78 is 59.7. The molecule has 0 saturated heterocycles. The van der Waals surface area contributed by atoms with Crippen LogP contribution in [0, 0.1) is 0 Å². The van der Waals surface area contributed by atoms with Crippen LogP contribution in [0.3, 0.4) is 0 Å². The second-order valence-electron chi connectivity index (χ2n) is 3.83. The molecule has 1 heterocycles. The van der Waals surface area contributed by atoms with Gasteiger partial charge in [-0.2, -0.15) is 17.2 Å². The van der Waals surface area contributed by atoms with E-state index in [1.54, 1.807) is 0 Å². The number of hydrogen-bond acceptors (Lipinski definition) is 4. The number of imidazole rings is 1. The molecule has 0 aliphatic carbocycles. The monoisotopic (exact) mass is 292 g/mol. The van der Waals surface area contributed by atoms with Gasteiger partial charge in [-0.3, -0.25) is 4.79 Å². The van der Waals surface area contributed by atoms with Crippen LogP contribution in [0.5, 0.6) is 0 Å². The second kappa shape index (κ2) is 4.05. The number of aromatic amines is 1. The molecular formula is C10H7F3N2O3S. The van der Waals surface area contributed by atoms with Gasteiger partial charge in [-0.1, -0.05) is 3.89 Å². The molecule has 1 aromatic carbocycles. The largest absolute Gasteiger partial charge is 0.430 e. The zero-order chi connectivity index (χ0) is 14.4. The molecule has 0 atom stereocenters. The lowest BCUT2D eigenvalue weighted by Gasteiger charge is -2.06. The summed E-state index contributed by atoms with van der Waals surface area (Å²) in [4.78, 5) is 16.4. The van der Waals surface area contributed by atoms with Crippen molar-refractivity contribution < 1.29 is 25.9 Å². The number of ketones is 1. The number of halogens is 3. The normalized spacial score (nSPS) is 12.8. The van der Waals surface area contributed by atoms with Gasteiger partial charge in [-0.25, -0.2) is 4.98 Å². The van der Waals surface area contributed by atoms with Crippen LogP contribution in [0.15, 0.2) is 18.2 Å². The lowest BCUT2D eigenvalue weighted by Crippen LogP contribution is -2.23. The van der Waals surface area contributed by atoms with Crippen molar-refractivity contribution in [1.29, 1.82) is 0 Å². The Morgan fingerprint density at radius 2 is 2.00 bits per heavy atom. The van der Waals surface area contributed by atoms with Crippen molar-refractivity contribution in [2.75, 3.05) is 0 Å². The van der Waals surface area contributed by atoms with E-state index in [1.165, 1.54) is 25.1 Å². The molecule has 1 aromatic heterocycles. The highest BCUT2D eigenvalue weighted by Gasteiger charge is 2.50. The topological polar surface area (TPSA) is 79.9 Å². The Kier molecular flexibility index (Phi) is 2.89. The van der Waals surface area contributed by atoms with Crippen LogP contribution in [0.1, 0.15) is 23.1 Å². The first kappa shape index (κ1) is 13.5. The highest BCUT2D eigenvalue weighted by molar-refractivity contribution is 7.87. The number of hydrogen-bond donors (Lipinski definition) is 1. The SMILES string of the molecule is CC(=O)c1ccc2nc(C(F)(F)S(=O)(=O)F)[nH]c2c1. The third-order valence-electron chi connectivity index (χ3n) is 2.47. The molecule has 0 fully saturated rings. The first-order valence-corrected chi connectivity index (χ1v) is 6.34. The van der Waals surface area contributed by atoms with Crippen molar-refractivity contribution in [3.05, 3.63) is 29.6 Å². The Morgan fingerprint density at radius 3 is 2.53 bits per heavy atom. The lowest BCUT2D eigenvalue weighted by molar-refractivity contribution is 0.0755. The van der Waals surface area contributed by atoms with Gasteiger partial charge in [0.25, 0.3) is 0 Å². The average molecular weight is 292 g/mol. The van der Waals surface area contributed by atoms with Gasteiger partial charge in [0, 0.05) is 5.56 Å². The Bertz CT molecular complexity index is 767. The maximum atomic E-state index is 13.2. The second-order valence-corrected chi connectivity index (χ2v) is 5.22. The molecule has 0 saturated carbocycles. The van der Waals surface area contributed by atoms with Crippen LogP contribution < -0.4 is 0 Å². The van der Waals surface area contributed by atoms with Gasteiger partial charge in [0.1, 0.15) is 0 Å². The first-order valence-electron chi connectivity index (χ1n) is 4.96. The summed E-state index contributed by atoms with van der Waals surface area (Å²) >= 11 is 0. The molecule has 1 N–H and O–H groups in total. The summed E-state index contributed by atoms with van der Waals surface area (Å²) in [7, 11) is -6.12. The third-order valence-corrected chi connectivity index (χ3v) is 3.28. The van der Waals surface area contributed by atoms with Gasteiger partial charge >= 0.3 is 15.5 Å². The number of fused-ring (bicyclic) bond motifs is 1. The van der Waals surface area contributed by atoms with Crippen molar-refractivity contribution >= 4 is 27.0 Å². The smallest absolute Gasteiger partial charge is 0.336 e. The van der Waals surface area contributed by atoms with Gasteiger partial charge in [0.2, 0.25) is 0 Å². The molecule has 0 radical (unpaired) electrons. The fraction of sp³-hybridized carbons (Fsp3) is 0.200. The maximum Gasteiger partial charge on any atom is 0.430 e. The highest BCUT2D eigenvalue weighted by atomic mass is 32.3. The van der Waals surface area contributed by atoms with E-state index in [4.69, 9.17) is 0 Å². The fourth-order valence-corrected chi connectivity index (χ4v) is 1.81. The highest BCUT2D eigenvalue weighted by Crippen LogP contribution is 2.34. The van der Waals surface area contributed by atoms with Gasteiger partial charge in [-0.15, -0.1) is 0 Å². The quantitative estimate of drug-likeness (QED) is 0.694. The molecule has 9 heteroatoms. The molecule has 0 unspecified atom stereocenters. The number of aromatic nitrogens is 2. The number of rotatable bonds is 3. The molecule has 0 aliphatic rings. The van der Waals surface area contributed by atoms with Crippen LogP contribution in [0.2, 0.25) is 0 Å². The minimum absolute atomic E-state index is 0.00308. The molecule has 0 bridgehead atoms. The summed E-state index contributed by atoms with van der Waals surface area (Å²) in [5, 5.41) is -4.76. The Morgan fingerprint density at radius 1 is 1.37 bits per heavy atom. The van der Waals surface area contributed by atoms with Gasteiger partial charge in [0.05, 0.1) is 11.0 Å². The van der Waals surface area contributed by atoms with E-state index in [0.717, 1.165) is 0 Å². The Balaban J connectivity index is 2.63. The zero-order valence-electron chi connectivity index (χ0n) is 9.45. The molecule has 0 amide bonds. The van der Waals surface area contributed by atoms with Crippen LogP contribution in [0.25, 0.3) is 11.0 Å². The first-order chi connectivity index (χ1) is 8.63. The summed E-state index contributed by atoms with van der Waals surface area (Å²) in [6.45, 7) is 1.28. The van der Waals surface area contributed by atoms with E-state index < -0.39 is 21.3 Å². The Hall–Kier alpha value is -1.90. The van der Waals surface area contributed by atoms with Crippen molar-refractivity contribution in [3.8, 4) is 0 Å². The number of alkyl halides is 2. The molecule has 0 aliphatic heterocycles. The molecule has 2 rings (SSSR count). The van der Waals surface area contributed by atoms with Crippen molar-refractivity contribution in [3.63, 3.8) is 0 Å². The summed E-state index contributed by atoms with van der Waals surface area (Å²) in [6, 6.07) is 3.83. The lowest BCUT2D eigenvalue weighted by atomic mass is 10.1. The molecular weight excluding hydrogens is 285 g/mol. The van der Waals surface area contributed by atoms with Gasteiger partial charge in [0.15, 0.2) is 11.6 Å². The predicted molar refractivity (Wildman–Crippen MR) is 60.0 cm³/mol. The zero-order valence-corrected chi connectivity index (χ0v) is 10.3. The Labute approximate surface area is 105 Å². The van der Waals surface area contributed by atoms with Crippen LogP contribution >= 0.6 is 0 Å².